The summed E-state index contributed by atoms with van der Waals surface area (Å²) in [5, 5.41) is 3.28. The van der Waals surface area contributed by atoms with Crippen molar-refractivity contribution in [2.45, 2.75) is 43.0 Å². The first kappa shape index (κ1) is 17.8. The van der Waals surface area contributed by atoms with Gasteiger partial charge in [-0.1, -0.05) is 12.1 Å². The van der Waals surface area contributed by atoms with Gasteiger partial charge in [-0.2, -0.15) is 8.78 Å². The van der Waals surface area contributed by atoms with Crippen molar-refractivity contribution in [2.75, 3.05) is 13.1 Å². The van der Waals surface area contributed by atoms with E-state index in [1.165, 1.54) is 12.1 Å². The van der Waals surface area contributed by atoms with Crippen molar-refractivity contribution in [2.24, 2.45) is 0 Å². The van der Waals surface area contributed by atoms with E-state index in [9.17, 15) is 22.0 Å². The monoisotopic (exact) mass is 346 g/mol. The Kier molecular flexibility index (Phi) is 5.36. The Balaban J connectivity index is 2.08. The molecule has 0 aromatic heterocycles. The lowest BCUT2D eigenvalue weighted by atomic mass is 10.1. The van der Waals surface area contributed by atoms with Crippen molar-refractivity contribution >= 4 is 15.7 Å². The molecule has 0 spiro atoms. The van der Waals surface area contributed by atoms with Crippen LogP contribution in [0.4, 0.5) is 8.78 Å². The van der Waals surface area contributed by atoms with Crippen LogP contribution in [0.5, 0.6) is 0 Å². The molecule has 1 aliphatic heterocycles. The zero-order valence-electron chi connectivity index (χ0n) is 13.0. The van der Waals surface area contributed by atoms with E-state index < -0.39 is 20.5 Å². The summed E-state index contributed by atoms with van der Waals surface area (Å²) >= 11 is 0. The second-order valence-corrected chi connectivity index (χ2v) is 7.61. The van der Waals surface area contributed by atoms with Gasteiger partial charge in [0.2, 0.25) is 15.7 Å². The average molecular weight is 346 g/mol. The highest BCUT2D eigenvalue weighted by Gasteiger charge is 2.28. The summed E-state index contributed by atoms with van der Waals surface area (Å²) in [5.74, 6) is -3.51. The van der Waals surface area contributed by atoms with E-state index in [0.29, 0.717) is 12.1 Å². The van der Waals surface area contributed by atoms with Crippen LogP contribution in [0.2, 0.25) is 0 Å². The molecule has 0 aliphatic carbocycles. The molecule has 2 atom stereocenters. The summed E-state index contributed by atoms with van der Waals surface area (Å²) in [5.41, 5.74) is 0.599. The molecule has 8 heteroatoms. The molecule has 0 bridgehead atoms. The van der Waals surface area contributed by atoms with Crippen LogP contribution in [-0.4, -0.2) is 50.2 Å². The molecular weight excluding hydrogens is 326 g/mol. The number of hydrogen-bond donors (Lipinski definition) is 1. The van der Waals surface area contributed by atoms with Gasteiger partial charge in [0.15, 0.2) is 0 Å². The largest absolute Gasteiger partial charge is 0.341 e. The smallest absolute Gasteiger partial charge is 0.337 e. The average Bonchev–Trinajstić information content (AvgIpc) is 2.50. The quantitative estimate of drug-likeness (QED) is 0.896. The molecule has 0 saturated carbocycles. The Bertz CT molecular complexity index is 662. The van der Waals surface area contributed by atoms with E-state index in [1.54, 1.807) is 4.90 Å². The minimum atomic E-state index is -4.60. The molecule has 1 aromatic carbocycles. The van der Waals surface area contributed by atoms with Gasteiger partial charge in [-0.3, -0.25) is 4.79 Å². The molecule has 5 nitrogen and oxygen atoms in total. The number of hydrogen-bond acceptors (Lipinski definition) is 4. The molecule has 1 saturated heterocycles. The first-order chi connectivity index (χ1) is 10.7. The molecule has 1 amide bonds. The Hall–Kier alpha value is -1.54. The van der Waals surface area contributed by atoms with E-state index in [0.717, 1.165) is 18.7 Å². The zero-order chi connectivity index (χ0) is 17.2. The van der Waals surface area contributed by atoms with Crippen LogP contribution in [0.1, 0.15) is 19.4 Å². The molecule has 1 aromatic rings. The van der Waals surface area contributed by atoms with Gasteiger partial charge in [-0.15, -0.1) is 0 Å². The summed E-state index contributed by atoms with van der Waals surface area (Å²) in [6.45, 7) is 5.31. The second kappa shape index (κ2) is 6.92. The maximum atomic E-state index is 12.5. The number of amides is 1. The number of carbonyl (C=O) groups is 1. The first-order valence-corrected chi connectivity index (χ1v) is 8.92. The molecule has 128 valence electrons. The third-order valence-corrected chi connectivity index (χ3v) is 5.59. The Labute approximate surface area is 134 Å². The highest BCUT2D eigenvalue weighted by molar-refractivity contribution is 7.91. The van der Waals surface area contributed by atoms with Crippen LogP contribution in [-0.2, 0) is 21.1 Å². The van der Waals surface area contributed by atoms with Crippen LogP contribution >= 0.6 is 0 Å². The summed E-state index contributed by atoms with van der Waals surface area (Å²) < 4.78 is 47.7. The minimum absolute atomic E-state index is 0.0599. The third-order valence-electron chi connectivity index (χ3n) is 4.20. The molecule has 1 fully saturated rings. The molecule has 1 heterocycles. The van der Waals surface area contributed by atoms with Gasteiger partial charge >= 0.3 is 5.76 Å². The van der Waals surface area contributed by atoms with Gasteiger partial charge in [0.05, 0.1) is 11.3 Å². The number of nitrogens with zero attached hydrogens (tertiary/aromatic N) is 1. The fraction of sp³-hybridized carbons (Fsp3) is 0.533. The molecule has 1 N–H and O–H groups in total. The van der Waals surface area contributed by atoms with Gasteiger partial charge in [-0.05, 0) is 31.5 Å². The zero-order valence-corrected chi connectivity index (χ0v) is 13.8. The van der Waals surface area contributed by atoms with Crippen molar-refractivity contribution in [3.8, 4) is 0 Å². The standard InChI is InChI=1S/C15H20F2N2O3S/c1-10-11(2)19(8-7-18-10)14(20)9-12-3-5-13(6-4-12)23(21,22)15(16)17/h3-6,10-11,15,18H,7-9H2,1-2H3. The van der Waals surface area contributed by atoms with Gasteiger partial charge < -0.3 is 10.2 Å². The van der Waals surface area contributed by atoms with Crippen molar-refractivity contribution in [1.82, 2.24) is 10.2 Å². The molecular formula is C15H20F2N2O3S. The first-order valence-electron chi connectivity index (χ1n) is 7.37. The summed E-state index contributed by atoms with van der Waals surface area (Å²) in [7, 11) is -4.60. The number of sulfone groups is 1. The van der Waals surface area contributed by atoms with E-state index in [1.807, 2.05) is 13.8 Å². The van der Waals surface area contributed by atoms with E-state index in [4.69, 9.17) is 0 Å². The number of rotatable bonds is 4. The number of halogens is 2. The van der Waals surface area contributed by atoms with Gasteiger partial charge in [0.25, 0.3) is 0 Å². The maximum absolute atomic E-state index is 12.5. The predicted molar refractivity (Wildman–Crippen MR) is 82.0 cm³/mol. The van der Waals surface area contributed by atoms with Crippen molar-refractivity contribution < 1.29 is 22.0 Å². The molecule has 0 radical (unpaired) electrons. The highest BCUT2D eigenvalue weighted by atomic mass is 32.2. The Morgan fingerprint density at radius 3 is 2.48 bits per heavy atom. The molecule has 2 unspecified atom stereocenters. The summed E-state index contributed by atoms with van der Waals surface area (Å²) in [4.78, 5) is 13.7. The number of nitrogens with one attached hydrogen (secondary N) is 1. The van der Waals surface area contributed by atoms with Gasteiger partial charge in [0.1, 0.15) is 0 Å². The highest BCUT2D eigenvalue weighted by Crippen LogP contribution is 2.19. The summed E-state index contributed by atoms with van der Waals surface area (Å²) in [6.07, 6.45) is 0.117. The Morgan fingerprint density at radius 2 is 1.91 bits per heavy atom. The molecule has 1 aliphatic rings. The minimum Gasteiger partial charge on any atom is -0.337 e. The summed E-state index contributed by atoms with van der Waals surface area (Å²) in [6, 6.07) is 5.32. The number of piperazine rings is 1. The number of alkyl halides is 2. The number of benzene rings is 1. The SMILES string of the molecule is CC1NCCN(C(=O)Cc2ccc(S(=O)(=O)C(F)F)cc2)C1C. The predicted octanol–water partition coefficient (Wildman–Crippen LogP) is 1.43. The molecule has 23 heavy (non-hydrogen) atoms. The van der Waals surface area contributed by atoms with E-state index in [-0.39, 0.29) is 24.4 Å². The van der Waals surface area contributed by atoms with Gasteiger partial charge in [0, 0.05) is 25.2 Å². The maximum Gasteiger partial charge on any atom is 0.341 e. The molecule has 2 rings (SSSR count). The van der Waals surface area contributed by atoms with Crippen molar-refractivity contribution in [3.05, 3.63) is 29.8 Å². The van der Waals surface area contributed by atoms with Crippen molar-refractivity contribution in [3.63, 3.8) is 0 Å². The lowest BCUT2D eigenvalue weighted by molar-refractivity contribution is -0.134. The van der Waals surface area contributed by atoms with Crippen LogP contribution < -0.4 is 5.32 Å². The lowest BCUT2D eigenvalue weighted by Crippen LogP contribution is -2.57. The Morgan fingerprint density at radius 1 is 1.30 bits per heavy atom. The lowest BCUT2D eigenvalue weighted by Gasteiger charge is -2.38. The fourth-order valence-electron chi connectivity index (χ4n) is 2.58. The van der Waals surface area contributed by atoms with Crippen LogP contribution in [0.3, 0.4) is 0 Å². The van der Waals surface area contributed by atoms with Crippen LogP contribution in [0, 0.1) is 0 Å². The normalized spacial score (nSPS) is 22.4. The number of carbonyl (C=O) groups excluding carboxylic acids is 1. The fourth-order valence-corrected chi connectivity index (χ4v) is 3.31. The second-order valence-electron chi connectivity index (χ2n) is 5.70. The van der Waals surface area contributed by atoms with Crippen LogP contribution in [0.25, 0.3) is 0 Å². The van der Waals surface area contributed by atoms with Gasteiger partial charge in [-0.25, -0.2) is 8.42 Å². The van der Waals surface area contributed by atoms with Crippen LogP contribution in [0.15, 0.2) is 29.2 Å². The third kappa shape index (κ3) is 3.87. The van der Waals surface area contributed by atoms with Crippen molar-refractivity contribution in [1.29, 1.82) is 0 Å². The topological polar surface area (TPSA) is 66.5 Å². The van der Waals surface area contributed by atoms with E-state index >= 15 is 0 Å². The van der Waals surface area contributed by atoms with E-state index in [2.05, 4.69) is 5.32 Å².